The molecule has 8 nitrogen and oxygen atoms in total. The predicted molar refractivity (Wildman–Crippen MR) is 165 cm³/mol. The largest absolute Gasteiger partial charge is 0.507 e. The van der Waals surface area contributed by atoms with Crippen molar-refractivity contribution in [2.45, 2.75) is 64.3 Å². The second kappa shape index (κ2) is 15.8. The first-order chi connectivity index (χ1) is 20.9. The molecule has 1 aliphatic heterocycles. The number of ether oxygens (including phenoxy) is 3. The Balaban J connectivity index is 1.50. The molecule has 0 bridgehead atoms. The Morgan fingerprint density at radius 2 is 1.56 bits per heavy atom. The second-order valence-electron chi connectivity index (χ2n) is 11.0. The lowest BCUT2D eigenvalue weighted by molar-refractivity contribution is -0.159. The third kappa shape index (κ3) is 9.08. The Labute approximate surface area is 253 Å². The first-order valence-corrected chi connectivity index (χ1v) is 15.1. The van der Waals surface area contributed by atoms with Crippen molar-refractivity contribution in [1.29, 1.82) is 0 Å². The first kappa shape index (κ1) is 31.6. The van der Waals surface area contributed by atoms with Crippen LogP contribution in [-0.2, 0) is 25.6 Å². The number of phenolic OH excluding ortho intramolecular Hbond substituents is 1. The van der Waals surface area contributed by atoms with Crippen molar-refractivity contribution in [2.75, 3.05) is 31.8 Å². The number of esters is 2. The normalized spacial score (nSPS) is 13.9. The summed E-state index contributed by atoms with van der Waals surface area (Å²) in [4.78, 5) is 38.7. The fourth-order valence-electron chi connectivity index (χ4n) is 5.06. The average Bonchev–Trinajstić information content (AvgIpc) is 3.01. The van der Waals surface area contributed by atoms with E-state index in [1.165, 1.54) is 25.7 Å². The van der Waals surface area contributed by atoms with Crippen LogP contribution < -0.4 is 9.64 Å². The van der Waals surface area contributed by atoms with Crippen LogP contribution in [0.15, 0.2) is 66.7 Å². The number of unbranched alkanes of at least 4 members (excludes halogenated alkanes) is 5. The third-order valence-electron chi connectivity index (χ3n) is 7.61. The minimum absolute atomic E-state index is 0.108. The lowest BCUT2D eigenvalue weighted by Gasteiger charge is -2.24. The number of aromatic hydroxyl groups is 1. The zero-order valence-electron chi connectivity index (χ0n) is 25.1. The van der Waals surface area contributed by atoms with Crippen molar-refractivity contribution in [1.82, 2.24) is 0 Å². The highest BCUT2D eigenvalue weighted by molar-refractivity contribution is 6.10. The number of carbonyl (C=O) groups is 3. The van der Waals surface area contributed by atoms with Crippen LogP contribution in [0.3, 0.4) is 0 Å². The van der Waals surface area contributed by atoms with Crippen molar-refractivity contribution < 1.29 is 33.7 Å². The Morgan fingerprint density at radius 1 is 0.907 bits per heavy atom. The Morgan fingerprint density at radius 3 is 2.23 bits per heavy atom. The van der Waals surface area contributed by atoms with Gasteiger partial charge in [-0.15, -0.1) is 0 Å². The predicted octanol–water partition coefficient (Wildman–Crippen LogP) is 6.57. The summed E-state index contributed by atoms with van der Waals surface area (Å²) < 4.78 is 16.6. The summed E-state index contributed by atoms with van der Waals surface area (Å²) in [5.74, 6) is -1.23. The number of rotatable bonds is 14. The first-order valence-electron chi connectivity index (χ1n) is 15.1. The van der Waals surface area contributed by atoms with Gasteiger partial charge in [0.2, 0.25) is 0 Å². The van der Waals surface area contributed by atoms with E-state index in [2.05, 4.69) is 6.92 Å². The molecule has 3 aromatic rings. The van der Waals surface area contributed by atoms with E-state index in [4.69, 9.17) is 14.2 Å². The second-order valence-corrected chi connectivity index (χ2v) is 11.0. The molecule has 4 rings (SSSR count). The molecule has 0 spiro atoms. The number of anilines is 1. The number of cyclic esters (lactones) is 2. The molecule has 43 heavy (non-hydrogen) atoms. The van der Waals surface area contributed by atoms with E-state index in [1.54, 1.807) is 36.4 Å². The molecule has 1 fully saturated rings. The highest BCUT2D eigenvalue weighted by Crippen LogP contribution is 2.32. The maximum Gasteiger partial charge on any atom is 0.317 e. The van der Waals surface area contributed by atoms with Crippen LogP contribution >= 0.6 is 0 Å². The number of phenols is 1. The van der Waals surface area contributed by atoms with Gasteiger partial charge in [0.25, 0.3) is 0 Å². The maximum absolute atomic E-state index is 13.3. The Bertz CT molecular complexity index is 1350. The molecule has 0 aliphatic carbocycles. The highest BCUT2D eigenvalue weighted by atomic mass is 16.6. The van der Waals surface area contributed by atoms with Crippen molar-refractivity contribution in [2.24, 2.45) is 0 Å². The van der Waals surface area contributed by atoms with E-state index in [0.717, 1.165) is 29.7 Å². The molecule has 8 heteroatoms. The van der Waals surface area contributed by atoms with Crippen LogP contribution in [0.1, 0.15) is 84.8 Å². The minimum atomic E-state index is -0.584. The zero-order chi connectivity index (χ0) is 30.6. The van der Waals surface area contributed by atoms with E-state index >= 15 is 0 Å². The van der Waals surface area contributed by atoms with Crippen molar-refractivity contribution >= 4 is 23.4 Å². The van der Waals surface area contributed by atoms with Crippen LogP contribution in [0.25, 0.3) is 0 Å². The van der Waals surface area contributed by atoms with Gasteiger partial charge in [-0.2, -0.15) is 0 Å². The number of hydrogen-bond acceptors (Lipinski definition) is 8. The molecule has 1 saturated heterocycles. The standard InChI is InChI=1S/C35H41NO7/c1-3-4-5-6-7-11-18-41-32-20-31(37)30(35(40)26-12-9-8-10-13-26)19-27(32)22-36(2)29-16-14-25(15-17-29)28-23-42-33(38)21-34(39)43-24-28/h8-10,12-17,19-20,28,37H,3-7,11,18,21-24H2,1-2H3. The van der Waals surface area contributed by atoms with Gasteiger partial charge in [-0.1, -0.05) is 81.5 Å². The lowest BCUT2D eigenvalue weighted by Crippen LogP contribution is -2.25. The molecule has 1 N–H and O–H groups in total. The van der Waals surface area contributed by atoms with Gasteiger partial charge in [-0.05, 0) is 30.2 Å². The van der Waals surface area contributed by atoms with Gasteiger partial charge in [0, 0.05) is 36.5 Å². The smallest absolute Gasteiger partial charge is 0.317 e. The summed E-state index contributed by atoms with van der Waals surface area (Å²) in [6.07, 6.45) is 6.47. The van der Waals surface area contributed by atoms with Crippen molar-refractivity contribution in [3.8, 4) is 11.5 Å². The van der Waals surface area contributed by atoms with Gasteiger partial charge < -0.3 is 24.2 Å². The third-order valence-corrected chi connectivity index (χ3v) is 7.61. The molecular formula is C35H41NO7. The summed E-state index contributed by atoms with van der Waals surface area (Å²) in [6.45, 7) is 3.45. The molecular weight excluding hydrogens is 546 g/mol. The summed E-state index contributed by atoms with van der Waals surface area (Å²) in [5, 5.41) is 10.8. The minimum Gasteiger partial charge on any atom is -0.507 e. The van der Waals surface area contributed by atoms with E-state index in [1.807, 2.05) is 42.3 Å². The van der Waals surface area contributed by atoms with Crippen molar-refractivity contribution in [3.05, 3.63) is 89.0 Å². The molecule has 1 aliphatic rings. The fraction of sp³-hybridized carbons (Fsp3) is 0.400. The summed E-state index contributed by atoms with van der Waals surface area (Å²) in [6, 6.07) is 19.9. The maximum atomic E-state index is 13.3. The number of ketones is 1. The van der Waals surface area contributed by atoms with Gasteiger partial charge >= 0.3 is 11.9 Å². The quantitative estimate of drug-likeness (QED) is 0.0978. The van der Waals surface area contributed by atoms with Gasteiger partial charge in [-0.3, -0.25) is 14.4 Å². The summed E-state index contributed by atoms with van der Waals surface area (Å²) >= 11 is 0. The molecule has 0 amide bonds. The molecule has 0 saturated carbocycles. The fourth-order valence-corrected chi connectivity index (χ4v) is 5.06. The van der Waals surface area contributed by atoms with E-state index in [0.29, 0.717) is 24.5 Å². The molecule has 0 atom stereocenters. The molecule has 0 unspecified atom stereocenters. The lowest BCUT2D eigenvalue weighted by atomic mass is 9.99. The molecule has 1 heterocycles. The van der Waals surface area contributed by atoms with Crippen LogP contribution in [-0.4, -0.2) is 49.7 Å². The average molecular weight is 588 g/mol. The Hall–Kier alpha value is -4.33. The van der Waals surface area contributed by atoms with Crippen LogP contribution in [0, 0.1) is 0 Å². The molecule has 0 radical (unpaired) electrons. The number of nitrogens with zero attached hydrogens (tertiary/aromatic N) is 1. The Kier molecular flexibility index (Phi) is 11.6. The topological polar surface area (TPSA) is 102 Å². The van der Waals surface area contributed by atoms with Crippen LogP contribution in [0.5, 0.6) is 11.5 Å². The monoisotopic (exact) mass is 587 g/mol. The molecule has 228 valence electrons. The molecule has 0 aromatic heterocycles. The van der Waals surface area contributed by atoms with Gasteiger partial charge in [0.15, 0.2) is 5.78 Å². The van der Waals surface area contributed by atoms with Gasteiger partial charge in [0.1, 0.15) is 31.1 Å². The SMILES string of the molecule is CCCCCCCCOc1cc(O)c(C(=O)c2ccccc2)cc1CN(C)c1ccc(C2COC(=O)CC(=O)OC2)cc1. The van der Waals surface area contributed by atoms with Gasteiger partial charge in [0.05, 0.1) is 18.1 Å². The van der Waals surface area contributed by atoms with E-state index < -0.39 is 11.9 Å². The number of hydrogen-bond donors (Lipinski definition) is 1. The molecule has 3 aromatic carbocycles. The van der Waals surface area contributed by atoms with E-state index in [-0.39, 0.29) is 42.6 Å². The zero-order valence-corrected chi connectivity index (χ0v) is 25.1. The van der Waals surface area contributed by atoms with Gasteiger partial charge in [-0.25, -0.2) is 0 Å². The van der Waals surface area contributed by atoms with Crippen LogP contribution in [0.4, 0.5) is 5.69 Å². The highest BCUT2D eigenvalue weighted by Gasteiger charge is 2.23. The number of carbonyl (C=O) groups excluding carboxylic acids is 3. The van der Waals surface area contributed by atoms with Crippen molar-refractivity contribution in [3.63, 3.8) is 0 Å². The summed E-state index contributed by atoms with van der Waals surface area (Å²) in [5.41, 5.74) is 3.31. The van der Waals surface area contributed by atoms with E-state index in [9.17, 15) is 19.5 Å². The van der Waals surface area contributed by atoms with Crippen LogP contribution in [0.2, 0.25) is 0 Å². The summed E-state index contributed by atoms with van der Waals surface area (Å²) in [7, 11) is 1.94. The number of benzene rings is 3.